The number of anilines is 1. The van der Waals surface area contributed by atoms with Crippen molar-refractivity contribution in [3.8, 4) is 0 Å². The Morgan fingerprint density at radius 2 is 1.62 bits per heavy atom. The number of pyridine rings is 1. The van der Waals surface area contributed by atoms with Crippen LogP contribution in [-0.4, -0.2) is 25.7 Å². The molecule has 2 aromatic carbocycles. The first-order valence-electron chi connectivity index (χ1n) is 7.91. The lowest BCUT2D eigenvalue weighted by atomic mass is 10.1. The first-order chi connectivity index (χ1) is 13.8. The Morgan fingerprint density at radius 1 is 0.966 bits per heavy atom. The van der Waals surface area contributed by atoms with E-state index in [1.54, 1.807) is 0 Å². The van der Waals surface area contributed by atoms with Crippen molar-refractivity contribution in [2.75, 3.05) is 5.43 Å². The van der Waals surface area contributed by atoms with Crippen molar-refractivity contribution >= 4 is 33.6 Å². The van der Waals surface area contributed by atoms with Gasteiger partial charge in [0.25, 0.3) is 0 Å². The molecule has 0 bridgehead atoms. The molecule has 0 unspecified atom stereocenters. The highest BCUT2D eigenvalue weighted by Gasteiger charge is 2.23. The van der Waals surface area contributed by atoms with E-state index in [0.717, 1.165) is 6.07 Å². The van der Waals surface area contributed by atoms with E-state index in [1.165, 1.54) is 18.5 Å². The second-order valence-corrected chi connectivity index (χ2v) is 5.92. The normalized spacial score (nSPS) is 11.2. The van der Waals surface area contributed by atoms with Gasteiger partial charge in [0.05, 0.1) is 22.1 Å². The molecule has 2 heterocycles. The van der Waals surface area contributed by atoms with Crippen molar-refractivity contribution in [3.63, 3.8) is 0 Å². The van der Waals surface area contributed by atoms with Gasteiger partial charge < -0.3 is 5.11 Å². The van der Waals surface area contributed by atoms with E-state index in [2.05, 4.69) is 15.4 Å². The van der Waals surface area contributed by atoms with Gasteiger partial charge in [0.1, 0.15) is 16.9 Å². The second-order valence-electron chi connectivity index (χ2n) is 5.92. The summed E-state index contributed by atoms with van der Waals surface area (Å²) in [6.07, 6.45) is 3.34. The average molecular weight is 404 g/mol. The highest BCUT2D eigenvalue weighted by Crippen LogP contribution is 2.24. The lowest BCUT2D eigenvalue weighted by Crippen LogP contribution is -2.23. The maximum atomic E-state index is 14.4. The van der Waals surface area contributed by atoms with E-state index < -0.39 is 51.1 Å². The van der Waals surface area contributed by atoms with E-state index in [0.29, 0.717) is 16.9 Å². The Hall–Kier alpha value is -4.02. The fourth-order valence-electron chi connectivity index (χ4n) is 2.83. The predicted octanol–water partition coefficient (Wildman–Crippen LogP) is 3.07. The van der Waals surface area contributed by atoms with Crippen LogP contribution in [0.15, 0.2) is 41.6 Å². The molecule has 0 saturated heterocycles. The summed E-state index contributed by atoms with van der Waals surface area (Å²) in [5.41, 5.74) is -0.368. The third-order valence-electron chi connectivity index (χ3n) is 4.15. The molecule has 0 aliphatic rings. The first kappa shape index (κ1) is 18.3. The summed E-state index contributed by atoms with van der Waals surface area (Å²) in [5, 5.41) is 8.47. The molecule has 11 heteroatoms. The van der Waals surface area contributed by atoms with Crippen LogP contribution in [0.3, 0.4) is 0 Å². The van der Waals surface area contributed by atoms with Crippen molar-refractivity contribution in [1.82, 2.24) is 14.6 Å². The van der Waals surface area contributed by atoms with Crippen LogP contribution < -0.4 is 10.9 Å². The molecule has 2 aromatic heterocycles. The molecular weight excluding hydrogens is 396 g/mol. The minimum atomic E-state index is -1.87. The van der Waals surface area contributed by atoms with Gasteiger partial charge in [0, 0.05) is 24.7 Å². The number of rotatable bonds is 3. The number of benzene rings is 2. The smallest absolute Gasteiger partial charge is 0.341 e. The Morgan fingerprint density at radius 3 is 2.28 bits per heavy atom. The van der Waals surface area contributed by atoms with Gasteiger partial charge in [-0.15, -0.1) is 0 Å². The summed E-state index contributed by atoms with van der Waals surface area (Å²) in [6.45, 7) is 0. The molecule has 4 rings (SSSR count). The number of aromatic nitrogens is 3. The first-order valence-corrected chi connectivity index (χ1v) is 7.91. The Balaban J connectivity index is 2.02. The van der Waals surface area contributed by atoms with Crippen LogP contribution in [0.5, 0.6) is 0 Å². The molecule has 2 N–H and O–H groups in total. The van der Waals surface area contributed by atoms with Gasteiger partial charge in [0.15, 0.2) is 17.5 Å². The minimum Gasteiger partial charge on any atom is -0.477 e. The van der Waals surface area contributed by atoms with E-state index in [4.69, 9.17) is 0 Å². The van der Waals surface area contributed by atoms with E-state index >= 15 is 0 Å². The molecule has 29 heavy (non-hydrogen) atoms. The van der Waals surface area contributed by atoms with E-state index in [-0.39, 0.29) is 16.7 Å². The largest absolute Gasteiger partial charge is 0.477 e. The Kier molecular flexibility index (Phi) is 4.14. The number of nitrogens with one attached hydrogen (secondary N) is 1. The number of halogens is 4. The summed E-state index contributed by atoms with van der Waals surface area (Å²) < 4.78 is 56.8. The molecule has 146 valence electrons. The molecule has 0 amide bonds. The predicted molar refractivity (Wildman–Crippen MR) is 93.6 cm³/mol. The van der Waals surface area contributed by atoms with Gasteiger partial charge in [-0.05, 0) is 12.1 Å². The maximum Gasteiger partial charge on any atom is 0.341 e. The molecular formula is C18H8F4N4O3. The average Bonchev–Trinajstić information content (AvgIpc) is 2.68. The number of hydrogen-bond donors (Lipinski definition) is 2. The third kappa shape index (κ3) is 2.92. The van der Waals surface area contributed by atoms with Gasteiger partial charge in [-0.25, -0.2) is 22.4 Å². The SMILES string of the molecule is O=C(O)c1cn(Nc2cc3nccnc3cc2F)c2c(F)c(F)c(F)cc2c1=O. The van der Waals surface area contributed by atoms with Crippen molar-refractivity contribution in [2.45, 2.75) is 0 Å². The summed E-state index contributed by atoms with van der Waals surface area (Å²) >= 11 is 0. The van der Waals surface area contributed by atoms with Crippen LogP contribution in [0.2, 0.25) is 0 Å². The van der Waals surface area contributed by atoms with E-state index in [1.807, 2.05) is 0 Å². The molecule has 0 aliphatic carbocycles. The number of aromatic carboxylic acids is 1. The number of carbonyl (C=O) groups is 1. The number of hydrogen-bond acceptors (Lipinski definition) is 5. The maximum absolute atomic E-state index is 14.4. The lowest BCUT2D eigenvalue weighted by molar-refractivity contribution is 0.0695. The Labute approximate surface area is 157 Å². The van der Waals surface area contributed by atoms with Crippen LogP contribution in [0, 0.1) is 23.3 Å². The zero-order chi connectivity index (χ0) is 20.9. The van der Waals surface area contributed by atoms with Crippen molar-refractivity contribution in [1.29, 1.82) is 0 Å². The third-order valence-corrected chi connectivity index (χ3v) is 4.15. The summed E-state index contributed by atoms with van der Waals surface area (Å²) in [4.78, 5) is 31.5. The fourth-order valence-corrected chi connectivity index (χ4v) is 2.83. The number of nitrogens with zero attached hydrogens (tertiary/aromatic N) is 3. The monoisotopic (exact) mass is 404 g/mol. The number of carboxylic acid groups (broad SMARTS) is 1. The molecule has 4 aromatic rings. The minimum absolute atomic E-state index is 0.214. The molecule has 0 spiro atoms. The van der Waals surface area contributed by atoms with Crippen LogP contribution in [0.1, 0.15) is 10.4 Å². The van der Waals surface area contributed by atoms with Gasteiger partial charge in [0.2, 0.25) is 5.43 Å². The van der Waals surface area contributed by atoms with Crippen LogP contribution >= 0.6 is 0 Å². The number of carboxylic acids is 1. The topological polar surface area (TPSA) is 97.1 Å². The van der Waals surface area contributed by atoms with Crippen LogP contribution in [-0.2, 0) is 0 Å². The fraction of sp³-hybridized carbons (Fsp3) is 0. The quantitative estimate of drug-likeness (QED) is 0.402. The van der Waals surface area contributed by atoms with Crippen molar-refractivity contribution in [2.24, 2.45) is 0 Å². The molecule has 0 fully saturated rings. The van der Waals surface area contributed by atoms with Gasteiger partial charge in [-0.1, -0.05) is 0 Å². The zero-order valence-corrected chi connectivity index (χ0v) is 14.1. The molecule has 0 saturated carbocycles. The summed E-state index contributed by atoms with van der Waals surface area (Å²) in [7, 11) is 0. The summed E-state index contributed by atoms with van der Waals surface area (Å²) in [5.74, 6) is -7.86. The molecule has 0 aliphatic heterocycles. The number of fused-ring (bicyclic) bond motifs is 2. The second kappa shape index (κ2) is 6.55. The zero-order valence-electron chi connectivity index (χ0n) is 14.1. The summed E-state index contributed by atoms with van der Waals surface area (Å²) in [6, 6.07) is 2.59. The lowest BCUT2D eigenvalue weighted by Gasteiger charge is -2.16. The highest BCUT2D eigenvalue weighted by atomic mass is 19.2. The van der Waals surface area contributed by atoms with Crippen molar-refractivity contribution in [3.05, 3.63) is 75.8 Å². The van der Waals surface area contributed by atoms with Gasteiger partial charge in [-0.3, -0.25) is 24.9 Å². The van der Waals surface area contributed by atoms with Crippen LogP contribution in [0.25, 0.3) is 21.9 Å². The Bertz CT molecular complexity index is 1390. The highest BCUT2D eigenvalue weighted by molar-refractivity contribution is 5.93. The molecule has 0 atom stereocenters. The standard InChI is InChI=1S/C18H8F4N4O3/c19-9-4-12-13(24-2-1-23-12)5-11(9)25-26-6-8(18(28)29)17(27)7-3-10(20)14(21)15(22)16(7)26/h1-6,25H,(H,28,29). The van der Waals surface area contributed by atoms with Crippen molar-refractivity contribution < 1.29 is 27.5 Å². The van der Waals surface area contributed by atoms with Gasteiger partial charge >= 0.3 is 5.97 Å². The van der Waals surface area contributed by atoms with E-state index in [9.17, 15) is 32.3 Å². The molecule has 0 radical (unpaired) electrons. The molecule has 7 nitrogen and oxygen atoms in total. The van der Waals surface area contributed by atoms with Crippen LogP contribution in [0.4, 0.5) is 23.2 Å². The van der Waals surface area contributed by atoms with Gasteiger partial charge in [-0.2, -0.15) is 0 Å².